The first-order valence-electron chi connectivity index (χ1n) is 6.85. The summed E-state index contributed by atoms with van der Waals surface area (Å²) in [5.74, 6) is 0.296. The van der Waals surface area contributed by atoms with Gasteiger partial charge in [-0.05, 0) is 30.5 Å². The monoisotopic (exact) mass is 323 g/mol. The number of halogens is 1. The fourth-order valence-corrected chi connectivity index (χ4v) is 3.26. The Hall–Kier alpha value is -0.870. The molecule has 3 nitrogen and oxygen atoms in total. The van der Waals surface area contributed by atoms with Gasteiger partial charge in [0.25, 0.3) is 0 Å². The number of hydrogen-bond donors (Lipinski definition) is 0. The van der Waals surface area contributed by atoms with E-state index in [0.29, 0.717) is 19.1 Å². The highest BCUT2D eigenvalue weighted by Gasteiger charge is 2.47. The Morgan fingerprint density at radius 2 is 1.79 bits per heavy atom. The molecule has 1 aliphatic heterocycles. The second kappa shape index (κ2) is 5.25. The van der Waals surface area contributed by atoms with E-state index >= 15 is 0 Å². The molecule has 1 saturated heterocycles. The predicted octanol–water partition coefficient (Wildman–Crippen LogP) is 2.73. The van der Waals surface area contributed by atoms with Gasteiger partial charge in [0, 0.05) is 17.6 Å². The topological polar surface area (TPSA) is 29.5 Å². The zero-order chi connectivity index (χ0) is 13.3. The first kappa shape index (κ1) is 13.1. The highest BCUT2D eigenvalue weighted by molar-refractivity contribution is 9.10. The number of hydrogen-bond acceptors (Lipinski definition) is 2. The van der Waals surface area contributed by atoms with Crippen molar-refractivity contribution < 1.29 is 9.53 Å². The van der Waals surface area contributed by atoms with Gasteiger partial charge in [0.05, 0.1) is 18.6 Å². The molecule has 1 saturated carbocycles. The molecule has 0 radical (unpaired) electrons. The van der Waals surface area contributed by atoms with Gasteiger partial charge in [0.2, 0.25) is 5.91 Å². The lowest BCUT2D eigenvalue weighted by Gasteiger charge is -2.44. The largest absolute Gasteiger partial charge is 0.378 e. The van der Waals surface area contributed by atoms with Crippen LogP contribution in [0.5, 0.6) is 0 Å². The fourth-order valence-electron chi connectivity index (χ4n) is 2.99. The lowest BCUT2D eigenvalue weighted by molar-refractivity contribution is -0.145. The van der Waals surface area contributed by atoms with Crippen LogP contribution in [0.25, 0.3) is 0 Å². The van der Waals surface area contributed by atoms with Gasteiger partial charge in [-0.3, -0.25) is 4.79 Å². The molecular formula is C15H18BrNO2. The molecule has 1 aromatic rings. The molecule has 1 aromatic carbocycles. The first-order valence-corrected chi connectivity index (χ1v) is 7.65. The van der Waals surface area contributed by atoms with Gasteiger partial charge in [-0.2, -0.15) is 0 Å². The number of ether oxygens (including phenoxy) is 1. The van der Waals surface area contributed by atoms with E-state index in [1.807, 2.05) is 17.0 Å². The van der Waals surface area contributed by atoms with E-state index in [9.17, 15) is 4.79 Å². The zero-order valence-corrected chi connectivity index (χ0v) is 12.5. The van der Waals surface area contributed by atoms with Crippen LogP contribution in [-0.4, -0.2) is 37.1 Å². The lowest BCUT2D eigenvalue weighted by atomic mass is 9.63. The molecular weight excluding hydrogens is 306 g/mol. The molecule has 102 valence electrons. The van der Waals surface area contributed by atoms with Crippen LogP contribution in [0.3, 0.4) is 0 Å². The third-order valence-corrected chi connectivity index (χ3v) is 4.84. The summed E-state index contributed by atoms with van der Waals surface area (Å²) in [6, 6.07) is 8.23. The Balaban J connectivity index is 1.85. The van der Waals surface area contributed by atoms with Crippen molar-refractivity contribution in [3.63, 3.8) is 0 Å². The molecule has 0 N–H and O–H groups in total. The molecule has 1 aliphatic carbocycles. The molecule has 0 spiro atoms. The maximum absolute atomic E-state index is 12.8. The van der Waals surface area contributed by atoms with Gasteiger partial charge in [0.15, 0.2) is 0 Å². The van der Waals surface area contributed by atoms with Gasteiger partial charge in [-0.15, -0.1) is 0 Å². The van der Waals surface area contributed by atoms with Crippen molar-refractivity contribution in [1.82, 2.24) is 4.90 Å². The summed E-state index contributed by atoms with van der Waals surface area (Å²) in [5, 5.41) is 0. The van der Waals surface area contributed by atoms with E-state index in [0.717, 1.165) is 36.8 Å². The molecule has 0 unspecified atom stereocenters. The molecule has 2 aliphatic rings. The van der Waals surface area contributed by atoms with Crippen molar-refractivity contribution in [3.05, 3.63) is 34.3 Å². The Bertz CT molecular complexity index is 462. The molecule has 2 fully saturated rings. The number of nitrogens with zero attached hydrogens (tertiary/aromatic N) is 1. The molecule has 19 heavy (non-hydrogen) atoms. The van der Waals surface area contributed by atoms with Crippen molar-refractivity contribution in [2.75, 3.05) is 26.3 Å². The average Bonchev–Trinajstić information content (AvgIpc) is 2.40. The van der Waals surface area contributed by atoms with Crippen LogP contribution >= 0.6 is 15.9 Å². The molecule has 4 heteroatoms. The molecule has 0 aromatic heterocycles. The van der Waals surface area contributed by atoms with E-state index < -0.39 is 0 Å². The van der Waals surface area contributed by atoms with Crippen molar-refractivity contribution in [3.8, 4) is 0 Å². The standard InChI is InChI=1S/C15H18BrNO2/c16-13-4-2-12(3-5-13)15(6-1-7-15)14(18)17-8-10-19-11-9-17/h2-5H,1,6-11H2. The minimum Gasteiger partial charge on any atom is -0.378 e. The second-order valence-electron chi connectivity index (χ2n) is 5.35. The number of amides is 1. The van der Waals surface area contributed by atoms with E-state index in [-0.39, 0.29) is 5.41 Å². The summed E-state index contributed by atoms with van der Waals surface area (Å²) in [6.45, 7) is 2.80. The molecule has 1 amide bonds. The summed E-state index contributed by atoms with van der Waals surface area (Å²) in [6.07, 6.45) is 3.10. The second-order valence-corrected chi connectivity index (χ2v) is 6.26. The quantitative estimate of drug-likeness (QED) is 0.837. The van der Waals surface area contributed by atoms with E-state index in [1.54, 1.807) is 0 Å². The molecule has 1 heterocycles. The predicted molar refractivity (Wildman–Crippen MR) is 77.1 cm³/mol. The third kappa shape index (κ3) is 2.32. The fraction of sp³-hybridized carbons (Fsp3) is 0.533. The van der Waals surface area contributed by atoms with Crippen LogP contribution in [0.2, 0.25) is 0 Å². The van der Waals surface area contributed by atoms with Gasteiger partial charge in [-0.25, -0.2) is 0 Å². The Labute approximate surface area is 122 Å². The van der Waals surface area contributed by atoms with Gasteiger partial charge in [-0.1, -0.05) is 34.5 Å². The maximum atomic E-state index is 12.8. The van der Waals surface area contributed by atoms with Gasteiger partial charge in [0.1, 0.15) is 0 Å². The van der Waals surface area contributed by atoms with Crippen LogP contribution < -0.4 is 0 Å². The molecule has 0 atom stereocenters. The van der Waals surface area contributed by atoms with Gasteiger partial charge >= 0.3 is 0 Å². The van der Waals surface area contributed by atoms with Crippen molar-refractivity contribution >= 4 is 21.8 Å². The van der Waals surface area contributed by atoms with E-state index in [2.05, 4.69) is 28.1 Å². The molecule has 3 rings (SSSR count). The Kier molecular flexibility index (Phi) is 3.63. The van der Waals surface area contributed by atoms with Crippen LogP contribution in [-0.2, 0) is 14.9 Å². The van der Waals surface area contributed by atoms with Crippen LogP contribution in [0.15, 0.2) is 28.7 Å². The minimum absolute atomic E-state index is 0.266. The van der Waals surface area contributed by atoms with Crippen LogP contribution in [0, 0.1) is 0 Å². The Morgan fingerprint density at radius 1 is 1.16 bits per heavy atom. The summed E-state index contributed by atoms with van der Waals surface area (Å²) in [7, 11) is 0. The zero-order valence-electron chi connectivity index (χ0n) is 10.9. The number of rotatable bonds is 2. The van der Waals surface area contributed by atoms with Crippen molar-refractivity contribution in [2.24, 2.45) is 0 Å². The highest BCUT2D eigenvalue weighted by Crippen LogP contribution is 2.45. The van der Waals surface area contributed by atoms with Crippen LogP contribution in [0.1, 0.15) is 24.8 Å². The third-order valence-electron chi connectivity index (χ3n) is 4.31. The first-order chi connectivity index (χ1) is 9.22. The lowest BCUT2D eigenvalue weighted by Crippen LogP contribution is -2.53. The average molecular weight is 324 g/mol. The number of carbonyl (C=O) groups is 1. The normalized spacial score (nSPS) is 21.8. The summed E-state index contributed by atoms with van der Waals surface area (Å²) in [4.78, 5) is 14.8. The Morgan fingerprint density at radius 3 is 2.32 bits per heavy atom. The van der Waals surface area contributed by atoms with Crippen molar-refractivity contribution in [1.29, 1.82) is 0 Å². The summed E-state index contributed by atoms with van der Waals surface area (Å²) >= 11 is 3.45. The van der Waals surface area contributed by atoms with E-state index in [4.69, 9.17) is 4.74 Å². The molecule has 0 bridgehead atoms. The maximum Gasteiger partial charge on any atom is 0.233 e. The summed E-state index contributed by atoms with van der Waals surface area (Å²) in [5.41, 5.74) is 0.899. The number of carbonyl (C=O) groups excluding carboxylic acids is 1. The highest BCUT2D eigenvalue weighted by atomic mass is 79.9. The summed E-state index contributed by atoms with van der Waals surface area (Å²) < 4.78 is 6.40. The number of morpholine rings is 1. The van der Waals surface area contributed by atoms with Crippen molar-refractivity contribution in [2.45, 2.75) is 24.7 Å². The minimum atomic E-state index is -0.266. The SMILES string of the molecule is O=C(N1CCOCC1)C1(c2ccc(Br)cc2)CCC1. The van der Waals surface area contributed by atoms with E-state index in [1.165, 1.54) is 5.56 Å². The number of benzene rings is 1. The smallest absolute Gasteiger partial charge is 0.233 e. The van der Waals surface area contributed by atoms with Gasteiger partial charge < -0.3 is 9.64 Å². The van der Waals surface area contributed by atoms with Crippen LogP contribution in [0.4, 0.5) is 0 Å².